The van der Waals surface area contributed by atoms with Gasteiger partial charge >= 0.3 is 0 Å². The zero-order valence-electron chi connectivity index (χ0n) is 17.6. The van der Waals surface area contributed by atoms with Crippen LogP contribution in [0.1, 0.15) is 5.56 Å². The van der Waals surface area contributed by atoms with E-state index in [0.717, 1.165) is 9.87 Å². The molecule has 0 bridgehead atoms. The third-order valence-electron chi connectivity index (χ3n) is 4.95. The van der Waals surface area contributed by atoms with E-state index in [1.54, 1.807) is 36.1 Å². The fraction of sp³-hybridized carbons (Fsp3) is 0.381. The normalized spacial score (nSPS) is 14.3. The lowest BCUT2D eigenvalue weighted by molar-refractivity contribution is -0.133. The Hall–Kier alpha value is -2.49. The van der Waals surface area contributed by atoms with Crippen LogP contribution in [-0.2, 0) is 19.6 Å². The summed E-state index contributed by atoms with van der Waals surface area (Å²) in [5.41, 5.74) is 0.988. The van der Waals surface area contributed by atoms with E-state index in [1.165, 1.54) is 26.4 Å². The Balaban J connectivity index is 2.07. The molecule has 3 rings (SSSR count). The van der Waals surface area contributed by atoms with Gasteiger partial charge in [-0.05, 0) is 42.8 Å². The lowest BCUT2D eigenvalue weighted by atomic mass is 10.2. The van der Waals surface area contributed by atoms with Gasteiger partial charge in [0.2, 0.25) is 5.91 Å². The molecule has 1 amide bonds. The third kappa shape index (κ3) is 5.06. The summed E-state index contributed by atoms with van der Waals surface area (Å²) in [6.07, 6.45) is 0. The number of aryl methyl sites for hydroxylation is 1. The summed E-state index contributed by atoms with van der Waals surface area (Å²) in [7, 11) is -1.29. The first-order valence-corrected chi connectivity index (χ1v) is 11.5. The van der Waals surface area contributed by atoms with Crippen molar-refractivity contribution in [3.63, 3.8) is 0 Å². The van der Waals surface area contributed by atoms with Crippen molar-refractivity contribution in [2.45, 2.75) is 11.8 Å². The van der Waals surface area contributed by atoms with Crippen LogP contribution in [0.2, 0.25) is 5.02 Å². The van der Waals surface area contributed by atoms with Crippen LogP contribution < -0.4 is 13.8 Å². The molecule has 2 aromatic carbocycles. The number of anilines is 1. The molecule has 1 fully saturated rings. The number of carbonyl (C=O) groups excluding carboxylic acids is 1. The van der Waals surface area contributed by atoms with Crippen molar-refractivity contribution in [2.24, 2.45) is 0 Å². The molecule has 1 saturated heterocycles. The summed E-state index contributed by atoms with van der Waals surface area (Å²) < 4.78 is 44.2. The number of carbonyl (C=O) groups is 1. The largest absolute Gasteiger partial charge is 0.495 e. The van der Waals surface area contributed by atoms with Gasteiger partial charge in [0.05, 0.1) is 38.1 Å². The van der Waals surface area contributed by atoms with Gasteiger partial charge in [-0.2, -0.15) is 0 Å². The molecule has 1 heterocycles. The van der Waals surface area contributed by atoms with Gasteiger partial charge in [-0.15, -0.1) is 0 Å². The molecule has 168 valence electrons. The lowest BCUT2D eigenvalue weighted by Gasteiger charge is -2.31. The first-order chi connectivity index (χ1) is 14.8. The van der Waals surface area contributed by atoms with Crippen molar-refractivity contribution in [1.82, 2.24) is 4.90 Å². The second-order valence-corrected chi connectivity index (χ2v) is 9.22. The molecular formula is C21H25ClN2O6S. The summed E-state index contributed by atoms with van der Waals surface area (Å²) in [4.78, 5) is 14.5. The SMILES string of the molecule is COc1ccc(N(CC(=O)N2CCOCC2)S(=O)(=O)c2cc(C)ccc2OC)cc1Cl. The van der Waals surface area contributed by atoms with Gasteiger partial charge in [0.15, 0.2) is 0 Å². The number of morpholine rings is 1. The van der Waals surface area contributed by atoms with Crippen molar-refractivity contribution in [1.29, 1.82) is 0 Å². The fourth-order valence-corrected chi connectivity index (χ4v) is 5.17. The summed E-state index contributed by atoms with van der Waals surface area (Å²) in [5.74, 6) is 0.259. The summed E-state index contributed by atoms with van der Waals surface area (Å²) in [6.45, 7) is 3.04. The number of hydrogen-bond acceptors (Lipinski definition) is 6. The first kappa shape index (κ1) is 23.2. The Morgan fingerprint density at radius 2 is 1.74 bits per heavy atom. The molecule has 8 nitrogen and oxygen atoms in total. The molecule has 0 saturated carbocycles. The molecule has 1 aliphatic heterocycles. The highest BCUT2D eigenvalue weighted by atomic mass is 35.5. The van der Waals surface area contributed by atoms with Gasteiger partial charge in [-0.3, -0.25) is 9.10 Å². The number of benzene rings is 2. The predicted octanol–water partition coefficient (Wildman–Crippen LogP) is 2.72. The van der Waals surface area contributed by atoms with Crippen LogP contribution in [0.15, 0.2) is 41.3 Å². The molecule has 0 unspecified atom stereocenters. The van der Waals surface area contributed by atoms with E-state index < -0.39 is 10.0 Å². The number of ether oxygens (including phenoxy) is 3. The van der Waals surface area contributed by atoms with Crippen molar-refractivity contribution < 1.29 is 27.4 Å². The quantitative estimate of drug-likeness (QED) is 0.621. The average molecular weight is 469 g/mol. The molecule has 0 aromatic heterocycles. The molecule has 1 aliphatic rings. The van der Waals surface area contributed by atoms with E-state index in [4.69, 9.17) is 25.8 Å². The van der Waals surface area contributed by atoms with Gasteiger partial charge in [-0.1, -0.05) is 17.7 Å². The van der Waals surface area contributed by atoms with E-state index >= 15 is 0 Å². The maximum Gasteiger partial charge on any atom is 0.268 e. The Bertz CT molecular complexity index is 1050. The second kappa shape index (κ2) is 9.76. The van der Waals surface area contributed by atoms with Crippen molar-refractivity contribution >= 4 is 33.2 Å². The highest BCUT2D eigenvalue weighted by Gasteiger charge is 2.32. The zero-order valence-corrected chi connectivity index (χ0v) is 19.2. The topological polar surface area (TPSA) is 85.4 Å². The van der Waals surface area contributed by atoms with Gasteiger partial charge in [-0.25, -0.2) is 8.42 Å². The van der Waals surface area contributed by atoms with E-state index in [2.05, 4.69) is 0 Å². The van der Waals surface area contributed by atoms with E-state index in [0.29, 0.717) is 32.1 Å². The van der Waals surface area contributed by atoms with Crippen LogP contribution in [0.5, 0.6) is 11.5 Å². The summed E-state index contributed by atoms with van der Waals surface area (Å²) >= 11 is 6.26. The first-order valence-electron chi connectivity index (χ1n) is 9.64. The van der Waals surface area contributed by atoms with Crippen molar-refractivity contribution in [3.05, 3.63) is 47.0 Å². The molecule has 0 radical (unpaired) electrons. The van der Waals surface area contributed by atoms with Crippen LogP contribution in [-0.4, -0.2) is 66.3 Å². The number of hydrogen-bond donors (Lipinski definition) is 0. The molecule has 0 atom stereocenters. The maximum atomic E-state index is 13.7. The molecule has 2 aromatic rings. The van der Waals surface area contributed by atoms with Crippen molar-refractivity contribution in [2.75, 3.05) is 51.4 Å². The Labute approximate surface area is 187 Å². The van der Waals surface area contributed by atoms with Crippen LogP contribution in [0.25, 0.3) is 0 Å². The standard InChI is InChI=1S/C21H25ClN2O6S/c1-15-4-6-19(29-3)20(12-15)31(26,27)24(14-21(25)23-8-10-30-11-9-23)16-5-7-18(28-2)17(22)13-16/h4-7,12-13H,8-11,14H2,1-3H3. The van der Waals surface area contributed by atoms with Crippen LogP contribution in [0.3, 0.4) is 0 Å². The third-order valence-corrected chi connectivity index (χ3v) is 7.04. The van der Waals surface area contributed by atoms with Crippen molar-refractivity contribution in [3.8, 4) is 11.5 Å². The number of halogens is 1. The molecule has 31 heavy (non-hydrogen) atoms. The molecule has 0 spiro atoms. The number of sulfonamides is 1. The van der Waals surface area contributed by atoms with Crippen LogP contribution in [0, 0.1) is 6.92 Å². The minimum Gasteiger partial charge on any atom is -0.495 e. The monoisotopic (exact) mass is 468 g/mol. The van der Waals surface area contributed by atoms with Gasteiger partial charge < -0.3 is 19.1 Å². The van der Waals surface area contributed by atoms with Crippen LogP contribution in [0.4, 0.5) is 5.69 Å². The number of amides is 1. The van der Waals surface area contributed by atoms with Crippen LogP contribution >= 0.6 is 11.6 Å². The summed E-state index contributed by atoms with van der Waals surface area (Å²) in [5, 5.41) is 0.232. The average Bonchev–Trinajstić information content (AvgIpc) is 2.77. The van der Waals surface area contributed by atoms with Gasteiger partial charge in [0, 0.05) is 13.1 Å². The van der Waals surface area contributed by atoms with E-state index in [9.17, 15) is 13.2 Å². The highest BCUT2D eigenvalue weighted by Crippen LogP contribution is 2.34. The minimum absolute atomic E-state index is 0.0308. The zero-order chi connectivity index (χ0) is 22.6. The van der Waals surface area contributed by atoms with Gasteiger partial charge in [0.25, 0.3) is 10.0 Å². The fourth-order valence-electron chi connectivity index (χ4n) is 3.27. The second-order valence-electron chi connectivity index (χ2n) is 6.98. The molecule has 10 heteroatoms. The number of methoxy groups -OCH3 is 2. The van der Waals surface area contributed by atoms with E-state index in [-0.39, 0.29) is 33.8 Å². The Morgan fingerprint density at radius 1 is 1.10 bits per heavy atom. The Morgan fingerprint density at radius 3 is 2.35 bits per heavy atom. The number of rotatable bonds is 7. The minimum atomic E-state index is -4.16. The lowest BCUT2D eigenvalue weighted by Crippen LogP contribution is -2.47. The van der Waals surface area contributed by atoms with E-state index in [1.807, 2.05) is 0 Å². The number of nitrogens with zero attached hydrogens (tertiary/aromatic N) is 2. The smallest absolute Gasteiger partial charge is 0.268 e. The molecular weight excluding hydrogens is 444 g/mol. The Kier molecular flexibility index (Phi) is 7.30. The predicted molar refractivity (Wildman–Crippen MR) is 118 cm³/mol. The maximum absolute atomic E-state index is 13.7. The molecule has 0 N–H and O–H groups in total. The highest BCUT2D eigenvalue weighted by molar-refractivity contribution is 7.93. The molecule has 0 aliphatic carbocycles. The van der Waals surface area contributed by atoms with Gasteiger partial charge in [0.1, 0.15) is 22.9 Å². The summed E-state index contributed by atoms with van der Waals surface area (Å²) in [6, 6.07) is 9.44.